The van der Waals surface area contributed by atoms with Gasteiger partial charge in [-0.25, -0.2) is 0 Å². The van der Waals surface area contributed by atoms with E-state index in [1.165, 1.54) is 0 Å². The first-order valence-electron chi connectivity index (χ1n) is 9.93. The van der Waals surface area contributed by atoms with Gasteiger partial charge in [0.25, 0.3) is 5.91 Å². The summed E-state index contributed by atoms with van der Waals surface area (Å²) in [5, 5.41) is 9.29. The molecule has 2 amide bonds. The number of rotatable bonds is 5. The Morgan fingerprint density at radius 2 is 1.90 bits per heavy atom. The second-order valence-corrected chi connectivity index (χ2v) is 8.30. The number of hydrogen-bond acceptors (Lipinski definition) is 5. The molecule has 1 aliphatic rings. The van der Waals surface area contributed by atoms with E-state index < -0.39 is 0 Å². The van der Waals surface area contributed by atoms with Crippen LogP contribution in [-0.2, 0) is 11.2 Å². The Bertz CT molecular complexity index is 1020. The zero-order valence-electron chi connectivity index (χ0n) is 16.4. The number of benzene rings is 2. The van der Waals surface area contributed by atoms with Gasteiger partial charge in [-0.15, -0.1) is 5.10 Å². The van der Waals surface area contributed by atoms with Crippen molar-refractivity contribution in [3.63, 3.8) is 0 Å². The van der Waals surface area contributed by atoms with Gasteiger partial charge < -0.3 is 10.2 Å². The highest BCUT2D eigenvalue weighted by Crippen LogP contribution is 2.21. The number of aryl methyl sites for hydroxylation is 1. The molecule has 0 saturated carbocycles. The Morgan fingerprint density at radius 3 is 2.66 bits per heavy atom. The lowest BCUT2D eigenvalue weighted by Crippen LogP contribution is -2.41. The Morgan fingerprint density at radius 1 is 1.14 bits per heavy atom. The molecule has 0 radical (unpaired) electrons. The number of carbonyl (C=O) groups is 2. The van der Waals surface area contributed by atoms with Crippen molar-refractivity contribution in [2.24, 2.45) is 5.92 Å². The minimum atomic E-state index is 0.0240. The summed E-state index contributed by atoms with van der Waals surface area (Å²) < 4.78 is 3.85. The fourth-order valence-corrected chi connectivity index (χ4v) is 4.48. The van der Waals surface area contributed by atoms with Crippen molar-refractivity contribution in [2.75, 3.05) is 19.6 Å². The lowest BCUT2D eigenvalue weighted by molar-refractivity contribution is -0.120. The van der Waals surface area contributed by atoms with Crippen LogP contribution in [0.3, 0.4) is 0 Å². The van der Waals surface area contributed by atoms with Crippen LogP contribution in [0.15, 0.2) is 42.5 Å². The van der Waals surface area contributed by atoms with Crippen molar-refractivity contribution in [3.05, 3.63) is 58.6 Å². The van der Waals surface area contributed by atoms with Gasteiger partial charge in [-0.05, 0) is 53.6 Å². The first-order valence-corrected chi connectivity index (χ1v) is 10.7. The maximum Gasteiger partial charge on any atom is 0.267 e. The summed E-state index contributed by atoms with van der Waals surface area (Å²) in [5.41, 5.74) is 1.75. The number of hydrogen-bond donors (Lipinski definition) is 1. The Kier molecular flexibility index (Phi) is 5.85. The van der Waals surface area contributed by atoms with Crippen LogP contribution in [0.4, 0.5) is 0 Å². The van der Waals surface area contributed by atoms with Crippen molar-refractivity contribution in [3.8, 4) is 0 Å². The summed E-state index contributed by atoms with van der Waals surface area (Å²) in [4.78, 5) is 27.5. The molecule has 1 saturated heterocycles. The molecular formula is C22H24N4O2S. The van der Waals surface area contributed by atoms with Crippen molar-refractivity contribution >= 4 is 34.1 Å². The Labute approximate surface area is 174 Å². The molecule has 3 aromatic rings. The van der Waals surface area contributed by atoms with Crippen molar-refractivity contribution in [1.29, 1.82) is 0 Å². The smallest absolute Gasteiger partial charge is 0.267 e. The summed E-state index contributed by atoms with van der Waals surface area (Å²) in [5.74, 6) is 0.471. The SMILES string of the molecule is Cc1nnsc1C(=O)N1CCC(CNC(=O)Cc2cccc3ccccc23)CC1. The number of amides is 2. The van der Waals surface area contributed by atoms with Gasteiger partial charge in [0.2, 0.25) is 5.91 Å². The highest BCUT2D eigenvalue weighted by Gasteiger charge is 2.26. The second-order valence-electron chi connectivity index (χ2n) is 7.54. The molecule has 0 bridgehead atoms. The molecule has 7 heteroatoms. The molecule has 1 aliphatic heterocycles. The van der Waals surface area contributed by atoms with Gasteiger partial charge in [0.05, 0.1) is 12.1 Å². The molecule has 29 heavy (non-hydrogen) atoms. The van der Waals surface area contributed by atoms with Crippen LogP contribution in [0.25, 0.3) is 10.8 Å². The van der Waals surface area contributed by atoms with Gasteiger partial charge in [-0.3, -0.25) is 9.59 Å². The summed E-state index contributed by atoms with van der Waals surface area (Å²) in [6, 6.07) is 14.2. The average Bonchev–Trinajstić information content (AvgIpc) is 3.18. The third kappa shape index (κ3) is 4.45. The van der Waals surface area contributed by atoms with E-state index in [0.717, 1.165) is 40.7 Å². The van der Waals surface area contributed by atoms with E-state index in [1.54, 1.807) is 0 Å². The molecule has 0 spiro atoms. The van der Waals surface area contributed by atoms with Crippen molar-refractivity contribution < 1.29 is 9.59 Å². The van der Waals surface area contributed by atoms with Crippen LogP contribution < -0.4 is 5.32 Å². The average molecular weight is 409 g/mol. The van der Waals surface area contributed by atoms with Gasteiger partial charge in [0.15, 0.2) is 0 Å². The number of aromatic nitrogens is 2. The highest BCUT2D eigenvalue weighted by atomic mass is 32.1. The van der Waals surface area contributed by atoms with Crippen LogP contribution in [0.5, 0.6) is 0 Å². The maximum absolute atomic E-state index is 12.6. The lowest BCUT2D eigenvalue weighted by Gasteiger charge is -2.31. The van der Waals surface area contributed by atoms with E-state index in [-0.39, 0.29) is 11.8 Å². The number of nitrogens with zero attached hydrogens (tertiary/aromatic N) is 3. The van der Waals surface area contributed by atoms with Crippen LogP contribution >= 0.6 is 11.5 Å². The maximum atomic E-state index is 12.6. The van der Waals surface area contributed by atoms with Gasteiger partial charge in [-0.2, -0.15) is 0 Å². The van der Waals surface area contributed by atoms with E-state index in [2.05, 4.69) is 33.1 Å². The topological polar surface area (TPSA) is 75.2 Å². The third-order valence-corrected chi connectivity index (χ3v) is 6.38. The largest absolute Gasteiger partial charge is 0.356 e. The normalized spacial score (nSPS) is 14.9. The van der Waals surface area contributed by atoms with Crippen LogP contribution in [0, 0.1) is 12.8 Å². The van der Waals surface area contributed by atoms with E-state index in [9.17, 15) is 9.59 Å². The molecular weight excluding hydrogens is 384 g/mol. The van der Waals surface area contributed by atoms with E-state index in [4.69, 9.17) is 0 Å². The van der Waals surface area contributed by atoms with Gasteiger partial charge in [0, 0.05) is 19.6 Å². The predicted molar refractivity (Wildman–Crippen MR) is 114 cm³/mol. The number of piperidine rings is 1. The summed E-state index contributed by atoms with van der Waals surface area (Å²) in [6.07, 6.45) is 2.17. The monoisotopic (exact) mass is 408 g/mol. The minimum Gasteiger partial charge on any atom is -0.356 e. The molecule has 0 atom stereocenters. The quantitative estimate of drug-likeness (QED) is 0.703. The molecule has 1 fully saturated rings. The second kappa shape index (κ2) is 8.69. The van der Waals surface area contributed by atoms with Crippen molar-refractivity contribution in [1.82, 2.24) is 19.8 Å². The first-order chi connectivity index (χ1) is 14.1. The third-order valence-electron chi connectivity index (χ3n) is 5.57. The molecule has 1 aromatic heterocycles. The Hall–Kier alpha value is -2.80. The molecule has 0 aliphatic carbocycles. The van der Waals surface area contributed by atoms with Crippen molar-refractivity contribution in [2.45, 2.75) is 26.2 Å². The fraction of sp³-hybridized carbons (Fsp3) is 0.364. The van der Waals surface area contributed by atoms with Gasteiger partial charge in [0.1, 0.15) is 4.88 Å². The molecule has 1 N–H and O–H groups in total. The molecule has 2 heterocycles. The highest BCUT2D eigenvalue weighted by molar-refractivity contribution is 7.07. The summed E-state index contributed by atoms with van der Waals surface area (Å²) in [7, 11) is 0. The van der Waals surface area contributed by atoms with E-state index >= 15 is 0 Å². The van der Waals surface area contributed by atoms with Crippen LogP contribution in [0.2, 0.25) is 0 Å². The fourth-order valence-electron chi connectivity index (χ4n) is 3.85. The first kappa shape index (κ1) is 19.5. The lowest BCUT2D eigenvalue weighted by atomic mass is 9.96. The van der Waals surface area contributed by atoms with E-state index in [0.29, 0.717) is 42.5 Å². The number of carbonyl (C=O) groups excluding carboxylic acids is 2. The number of nitrogens with one attached hydrogen (secondary N) is 1. The minimum absolute atomic E-state index is 0.0240. The molecule has 0 unspecified atom stereocenters. The molecule has 4 rings (SSSR count). The predicted octanol–water partition coefficient (Wildman–Crippen LogP) is 3.21. The summed E-state index contributed by atoms with van der Waals surface area (Å²) >= 11 is 1.16. The number of fused-ring (bicyclic) bond motifs is 1. The standard InChI is InChI=1S/C22H24N4O2S/c1-15-21(29-25-24-15)22(28)26-11-9-16(10-12-26)14-23-20(27)13-18-7-4-6-17-5-2-3-8-19(17)18/h2-8,16H,9-14H2,1H3,(H,23,27). The number of likely N-dealkylation sites (tertiary alicyclic amines) is 1. The van der Waals surface area contributed by atoms with Gasteiger partial charge >= 0.3 is 0 Å². The molecule has 150 valence electrons. The molecule has 6 nitrogen and oxygen atoms in total. The zero-order valence-corrected chi connectivity index (χ0v) is 17.2. The molecule has 2 aromatic carbocycles. The van der Waals surface area contributed by atoms with Crippen LogP contribution in [0.1, 0.15) is 33.8 Å². The summed E-state index contributed by atoms with van der Waals surface area (Å²) in [6.45, 7) is 3.89. The van der Waals surface area contributed by atoms with E-state index in [1.807, 2.05) is 36.1 Å². The Balaban J connectivity index is 1.26. The van der Waals surface area contributed by atoms with Crippen LogP contribution in [-0.4, -0.2) is 45.9 Å². The zero-order chi connectivity index (χ0) is 20.2. The van der Waals surface area contributed by atoms with Gasteiger partial charge in [-0.1, -0.05) is 47.0 Å².